The molecular weight excluding hydrogens is 206 g/mol. The van der Waals surface area contributed by atoms with Gasteiger partial charge in [0.05, 0.1) is 6.10 Å². The number of β-amino-alcohol motifs (C(OH)–C–C–N with tert-alkyl or cyclic N) is 1. The van der Waals surface area contributed by atoms with Crippen molar-refractivity contribution in [2.24, 2.45) is 0 Å². The molecule has 0 radical (unpaired) electrons. The number of rotatable bonds is 3. The number of hydrogen-bond donors (Lipinski definition) is 2. The normalized spacial score (nSPS) is 24.3. The van der Waals surface area contributed by atoms with Gasteiger partial charge >= 0.3 is 5.97 Å². The summed E-state index contributed by atoms with van der Waals surface area (Å²) in [7, 11) is 0. The largest absolute Gasteiger partial charge is 0.460 e. The highest BCUT2D eigenvalue weighted by atomic mass is 16.5. The van der Waals surface area contributed by atoms with Gasteiger partial charge in [0, 0.05) is 13.0 Å². The van der Waals surface area contributed by atoms with Gasteiger partial charge in [0.1, 0.15) is 12.6 Å². The van der Waals surface area contributed by atoms with Crippen LogP contribution >= 0.6 is 0 Å². The van der Waals surface area contributed by atoms with E-state index in [0.29, 0.717) is 13.0 Å². The van der Waals surface area contributed by atoms with Crippen molar-refractivity contribution in [3.8, 4) is 0 Å². The summed E-state index contributed by atoms with van der Waals surface area (Å²) >= 11 is 0. The van der Waals surface area contributed by atoms with E-state index in [0.717, 1.165) is 5.56 Å². The van der Waals surface area contributed by atoms with Crippen LogP contribution in [0.3, 0.4) is 0 Å². The Morgan fingerprint density at radius 2 is 2.19 bits per heavy atom. The lowest BCUT2D eigenvalue weighted by molar-refractivity contribution is -0.147. The molecular formula is C12H15NO3. The molecule has 0 spiro atoms. The van der Waals surface area contributed by atoms with E-state index in [1.165, 1.54) is 0 Å². The fourth-order valence-electron chi connectivity index (χ4n) is 1.73. The third-order valence-corrected chi connectivity index (χ3v) is 2.62. The predicted molar refractivity (Wildman–Crippen MR) is 58.7 cm³/mol. The van der Waals surface area contributed by atoms with Crippen LogP contribution in [0.4, 0.5) is 0 Å². The average Bonchev–Trinajstić information content (AvgIpc) is 2.74. The Hall–Kier alpha value is -1.39. The van der Waals surface area contributed by atoms with Crippen LogP contribution in [0.2, 0.25) is 0 Å². The van der Waals surface area contributed by atoms with Gasteiger partial charge in [-0.3, -0.25) is 4.79 Å². The van der Waals surface area contributed by atoms with E-state index in [1.807, 2.05) is 30.3 Å². The van der Waals surface area contributed by atoms with E-state index < -0.39 is 6.10 Å². The Morgan fingerprint density at radius 1 is 1.44 bits per heavy atom. The molecule has 4 heteroatoms. The number of esters is 1. The summed E-state index contributed by atoms with van der Waals surface area (Å²) < 4.78 is 5.15. The molecule has 0 bridgehead atoms. The molecule has 1 saturated heterocycles. The minimum absolute atomic E-state index is 0.286. The van der Waals surface area contributed by atoms with Gasteiger partial charge < -0.3 is 15.2 Å². The van der Waals surface area contributed by atoms with Gasteiger partial charge in [-0.1, -0.05) is 30.3 Å². The third kappa shape index (κ3) is 2.81. The molecule has 2 unspecified atom stereocenters. The van der Waals surface area contributed by atoms with Crippen LogP contribution in [0.5, 0.6) is 0 Å². The summed E-state index contributed by atoms with van der Waals surface area (Å²) in [6, 6.07) is 9.18. The van der Waals surface area contributed by atoms with Gasteiger partial charge in [0.2, 0.25) is 0 Å². The number of aliphatic hydroxyl groups is 1. The topological polar surface area (TPSA) is 58.6 Å². The Morgan fingerprint density at radius 3 is 2.81 bits per heavy atom. The molecule has 2 N–H and O–H groups in total. The van der Waals surface area contributed by atoms with Crippen molar-refractivity contribution in [3.63, 3.8) is 0 Å². The van der Waals surface area contributed by atoms with E-state index >= 15 is 0 Å². The lowest BCUT2D eigenvalue weighted by Crippen LogP contribution is -2.32. The summed E-state index contributed by atoms with van der Waals surface area (Å²) in [5, 5.41) is 12.2. The van der Waals surface area contributed by atoms with Crippen molar-refractivity contribution < 1.29 is 14.6 Å². The van der Waals surface area contributed by atoms with Crippen molar-refractivity contribution >= 4 is 5.97 Å². The maximum absolute atomic E-state index is 11.6. The van der Waals surface area contributed by atoms with Crippen LogP contribution in [-0.2, 0) is 16.1 Å². The quantitative estimate of drug-likeness (QED) is 0.728. The highest BCUT2D eigenvalue weighted by Crippen LogP contribution is 2.09. The van der Waals surface area contributed by atoms with Gasteiger partial charge in [-0.15, -0.1) is 0 Å². The molecule has 86 valence electrons. The molecule has 1 aromatic rings. The number of ether oxygens (including phenoxy) is 1. The third-order valence-electron chi connectivity index (χ3n) is 2.62. The average molecular weight is 221 g/mol. The second-order valence-corrected chi connectivity index (χ2v) is 3.94. The summed E-state index contributed by atoms with van der Waals surface area (Å²) in [6.45, 7) is 0.749. The van der Waals surface area contributed by atoms with E-state index in [1.54, 1.807) is 0 Å². The molecule has 2 rings (SSSR count). The minimum Gasteiger partial charge on any atom is -0.460 e. The first-order valence-electron chi connectivity index (χ1n) is 5.38. The number of aliphatic hydroxyl groups excluding tert-OH is 1. The maximum Gasteiger partial charge on any atom is 0.323 e. The number of carbonyl (C=O) groups excluding carboxylic acids is 1. The summed E-state index contributed by atoms with van der Waals surface area (Å²) in [4.78, 5) is 11.6. The van der Waals surface area contributed by atoms with Gasteiger partial charge in [-0.25, -0.2) is 0 Å². The lowest BCUT2D eigenvalue weighted by atomic mass is 10.2. The minimum atomic E-state index is -0.436. The molecule has 1 aromatic carbocycles. The molecule has 2 atom stereocenters. The standard InChI is InChI=1S/C12H15NO3/c14-10-6-11(13-7-10)12(15)16-8-9-4-2-1-3-5-9/h1-5,10-11,13-14H,6-8H2. The molecule has 1 aliphatic rings. The Bertz CT molecular complexity index is 353. The Balaban J connectivity index is 1.80. The van der Waals surface area contributed by atoms with Crippen LogP contribution in [0.25, 0.3) is 0 Å². The van der Waals surface area contributed by atoms with Gasteiger partial charge in [-0.2, -0.15) is 0 Å². The molecule has 0 saturated carbocycles. The SMILES string of the molecule is O=C(OCc1ccccc1)C1CC(O)CN1. The first-order valence-corrected chi connectivity index (χ1v) is 5.38. The fraction of sp³-hybridized carbons (Fsp3) is 0.417. The number of benzene rings is 1. The molecule has 1 heterocycles. The van der Waals surface area contributed by atoms with Crippen LogP contribution in [-0.4, -0.2) is 29.8 Å². The zero-order chi connectivity index (χ0) is 11.4. The molecule has 0 aromatic heterocycles. The zero-order valence-electron chi connectivity index (χ0n) is 8.93. The van der Waals surface area contributed by atoms with Crippen LogP contribution in [0.15, 0.2) is 30.3 Å². The lowest BCUT2D eigenvalue weighted by Gasteiger charge is -2.10. The van der Waals surface area contributed by atoms with E-state index in [-0.39, 0.29) is 18.6 Å². The highest BCUT2D eigenvalue weighted by Gasteiger charge is 2.29. The smallest absolute Gasteiger partial charge is 0.323 e. The van der Waals surface area contributed by atoms with E-state index in [4.69, 9.17) is 4.74 Å². The van der Waals surface area contributed by atoms with E-state index in [9.17, 15) is 9.90 Å². The van der Waals surface area contributed by atoms with Gasteiger partial charge in [0.15, 0.2) is 0 Å². The van der Waals surface area contributed by atoms with Crippen molar-refractivity contribution in [2.45, 2.75) is 25.2 Å². The predicted octanol–water partition coefficient (Wildman–Crippen LogP) is 0.453. The fourth-order valence-corrected chi connectivity index (χ4v) is 1.73. The monoisotopic (exact) mass is 221 g/mol. The highest BCUT2D eigenvalue weighted by molar-refractivity contribution is 5.76. The van der Waals surface area contributed by atoms with Crippen LogP contribution < -0.4 is 5.32 Å². The van der Waals surface area contributed by atoms with Gasteiger partial charge in [0.25, 0.3) is 0 Å². The van der Waals surface area contributed by atoms with E-state index in [2.05, 4.69) is 5.32 Å². The first-order chi connectivity index (χ1) is 7.75. The van der Waals surface area contributed by atoms with Crippen molar-refractivity contribution in [1.82, 2.24) is 5.32 Å². The van der Waals surface area contributed by atoms with Crippen molar-refractivity contribution in [2.75, 3.05) is 6.54 Å². The zero-order valence-corrected chi connectivity index (χ0v) is 8.93. The van der Waals surface area contributed by atoms with Crippen molar-refractivity contribution in [1.29, 1.82) is 0 Å². The van der Waals surface area contributed by atoms with Crippen LogP contribution in [0, 0.1) is 0 Å². The first kappa shape index (κ1) is 11.1. The number of carbonyl (C=O) groups is 1. The molecule has 0 aliphatic carbocycles. The second kappa shape index (κ2) is 5.09. The van der Waals surface area contributed by atoms with Crippen molar-refractivity contribution in [3.05, 3.63) is 35.9 Å². The summed E-state index contributed by atoms with van der Waals surface area (Å²) in [6.07, 6.45) is 0.00226. The van der Waals surface area contributed by atoms with Crippen LogP contribution in [0.1, 0.15) is 12.0 Å². The Kier molecular flexibility index (Phi) is 3.54. The molecule has 4 nitrogen and oxygen atoms in total. The second-order valence-electron chi connectivity index (χ2n) is 3.94. The maximum atomic E-state index is 11.6. The van der Waals surface area contributed by atoms with Gasteiger partial charge in [-0.05, 0) is 5.56 Å². The molecule has 1 aliphatic heterocycles. The molecule has 1 fully saturated rings. The molecule has 16 heavy (non-hydrogen) atoms. The molecule has 0 amide bonds. The summed E-state index contributed by atoms with van der Waals surface area (Å²) in [5.41, 5.74) is 0.967. The number of hydrogen-bond acceptors (Lipinski definition) is 4. The Labute approximate surface area is 94.2 Å². The number of nitrogens with one attached hydrogen (secondary N) is 1. The summed E-state index contributed by atoms with van der Waals surface area (Å²) in [5.74, 6) is -0.291.